The number of nitrogens with zero attached hydrogens (tertiary/aromatic N) is 3. The van der Waals surface area contributed by atoms with Crippen molar-refractivity contribution < 1.29 is 0 Å². The molecule has 0 aliphatic heterocycles. The van der Waals surface area contributed by atoms with Crippen molar-refractivity contribution in [2.75, 3.05) is 11.6 Å². The zero-order valence-corrected chi connectivity index (χ0v) is 5.23. The molecule has 0 radical (unpaired) electrons. The standard InChI is InChI=1S/C5H7N5/c6-5-3-4-1-2-8-10(4)9(5)7/h1-3H,6-7H2. The summed E-state index contributed by atoms with van der Waals surface area (Å²) in [6.45, 7) is 0. The fraction of sp³-hybridized carbons (Fsp3) is 0. The van der Waals surface area contributed by atoms with Gasteiger partial charge in [0.1, 0.15) is 5.82 Å². The molecule has 0 saturated carbocycles. The van der Waals surface area contributed by atoms with Crippen molar-refractivity contribution in [1.82, 2.24) is 14.5 Å². The van der Waals surface area contributed by atoms with E-state index in [0.29, 0.717) is 5.82 Å². The highest BCUT2D eigenvalue weighted by molar-refractivity contribution is 5.53. The summed E-state index contributed by atoms with van der Waals surface area (Å²) in [5, 5.41) is 3.91. The van der Waals surface area contributed by atoms with E-state index in [0.717, 1.165) is 5.52 Å². The molecule has 0 unspecified atom stereocenters. The molecular weight excluding hydrogens is 130 g/mol. The van der Waals surface area contributed by atoms with Crippen LogP contribution >= 0.6 is 0 Å². The van der Waals surface area contributed by atoms with Gasteiger partial charge in [0.05, 0.1) is 11.7 Å². The maximum atomic E-state index is 5.47. The molecule has 0 aliphatic carbocycles. The number of rotatable bonds is 0. The van der Waals surface area contributed by atoms with E-state index >= 15 is 0 Å². The van der Waals surface area contributed by atoms with Crippen LogP contribution in [0.2, 0.25) is 0 Å². The highest BCUT2D eigenvalue weighted by Gasteiger charge is 2.00. The van der Waals surface area contributed by atoms with E-state index in [1.165, 1.54) is 9.42 Å². The average molecular weight is 137 g/mol. The number of nitrogen functional groups attached to an aromatic ring is 2. The van der Waals surface area contributed by atoms with Crippen LogP contribution in [-0.4, -0.2) is 14.5 Å². The first-order valence-corrected chi connectivity index (χ1v) is 2.85. The van der Waals surface area contributed by atoms with Gasteiger partial charge in [0.2, 0.25) is 0 Å². The van der Waals surface area contributed by atoms with Crippen molar-refractivity contribution in [2.24, 2.45) is 0 Å². The van der Waals surface area contributed by atoms with Crippen LogP contribution < -0.4 is 11.6 Å². The Bertz CT molecular complexity index is 357. The Hall–Kier alpha value is -1.65. The van der Waals surface area contributed by atoms with Crippen molar-refractivity contribution in [3.8, 4) is 0 Å². The van der Waals surface area contributed by atoms with E-state index in [1.54, 1.807) is 12.3 Å². The predicted molar refractivity (Wildman–Crippen MR) is 37.7 cm³/mol. The van der Waals surface area contributed by atoms with Gasteiger partial charge in [0.25, 0.3) is 0 Å². The van der Waals surface area contributed by atoms with Crippen LogP contribution in [0.15, 0.2) is 18.3 Å². The molecular formula is C5H7N5. The van der Waals surface area contributed by atoms with Gasteiger partial charge in [0.15, 0.2) is 0 Å². The molecule has 0 fully saturated rings. The van der Waals surface area contributed by atoms with E-state index in [4.69, 9.17) is 11.6 Å². The monoisotopic (exact) mass is 137 g/mol. The summed E-state index contributed by atoms with van der Waals surface area (Å²) >= 11 is 0. The van der Waals surface area contributed by atoms with Crippen LogP contribution in [-0.2, 0) is 0 Å². The summed E-state index contributed by atoms with van der Waals surface area (Å²) in [7, 11) is 0. The van der Waals surface area contributed by atoms with Gasteiger partial charge in [-0.1, -0.05) is 0 Å². The largest absolute Gasteiger partial charge is 0.382 e. The van der Waals surface area contributed by atoms with Crippen LogP contribution in [0, 0.1) is 0 Å². The summed E-state index contributed by atoms with van der Waals surface area (Å²) in [5.41, 5.74) is 6.38. The molecule has 4 N–H and O–H groups in total. The second-order valence-corrected chi connectivity index (χ2v) is 2.06. The van der Waals surface area contributed by atoms with Gasteiger partial charge in [0, 0.05) is 6.07 Å². The van der Waals surface area contributed by atoms with E-state index in [9.17, 15) is 0 Å². The Kier molecular flexibility index (Phi) is 0.743. The van der Waals surface area contributed by atoms with Crippen LogP contribution in [0.5, 0.6) is 0 Å². The molecule has 2 aromatic rings. The molecule has 5 heteroatoms. The summed E-state index contributed by atoms with van der Waals surface area (Å²) in [4.78, 5) is 1.29. The number of hydrogen-bond donors (Lipinski definition) is 2. The van der Waals surface area contributed by atoms with Crippen LogP contribution in [0.1, 0.15) is 0 Å². The van der Waals surface area contributed by atoms with Gasteiger partial charge in [-0.25, -0.2) is 0 Å². The highest BCUT2D eigenvalue weighted by atomic mass is 15.6. The van der Waals surface area contributed by atoms with Crippen LogP contribution in [0.25, 0.3) is 5.52 Å². The number of anilines is 1. The number of nitrogens with two attached hydrogens (primary N) is 2. The molecule has 5 nitrogen and oxygen atoms in total. The molecule has 2 heterocycles. The first-order chi connectivity index (χ1) is 4.79. The van der Waals surface area contributed by atoms with Gasteiger partial charge in [-0.3, -0.25) is 0 Å². The topological polar surface area (TPSA) is 74.3 Å². The van der Waals surface area contributed by atoms with Gasteiger partial charge in [-0.15, -0.1) is 0 Å². The van der Waals surface area contributed by atoms with Crippen LogP contribution in [0.4, 0.5) is 5.82 Å². The number of aromatic nitrogens is 3. The second-order valence-electron chi connectivity index (χ2n) is 2.06. The molecule has 2 rings (SSSR count). The molecule has 10 heavy (non-hydrogen) atoms. The third-order valence-electron chi connectivity index (χ3n) is 1.42. The molecule has 2 aromatic heterocycles. The van der Waals surface area contributed by atoms with Gasteiger partial charge in [-0.05, 0) is 6.07 Å². The third-order valence-corrected chi connectivity index (χ3v) is 1.42. The minimum atomic E-state index is 0.503. The molecule has 0 atom stereocenters. The van der Waals surface area contributed by atoms with Crippen LogP contribution in [0.3, 0.4) is 0 Å². The van der Waals surface area contributed by atoms with Gasteiger partial charge < -0.3 is 11.6 Å². The SMILES string of the molecule is Nc1cc2ccnn2n1N. The lowest BCUT2D eigenvalue weighted by molar-refractivity contribution is 0.685. The Balaban J connectivity index is 2.95. The lowest BCUT2D eigenvalue weighted by Gasteiger charge is -1.94. The van der Waals surface area contributed by atoms with Gasteiger partial charge >= 0.3 is 0 Å². The van der Waals surface area contributed by atoms with Crippen molar-refractivity contribution in [3.05, 3.63) is 18.3 Å². The van der Waals surface area contributed by atoms with Gasteiger partial charge in [-0.2, -0.15) is 14.5 Å². The maximum absolute atomic E-state index is 5.47. The zero-order chi connectivity index (χ0) is 7.14. The van der Waals surface area contributed by atoms with Crippen molar-refractivity contribution in [3.63, 3.8) is 0 Å². The average Bonchev–Trinajstić information content (AvgIpc) is 2.41. The summed E-state index contributed by atoms with van der Waals surface area (Å²) in [6.07, 6.45) is 1.66. The summed E-state index contributed by atoms with van der Waals surface area (Å²) < 4.78 is 1.52. The molecule has 0 aromatic carbocycles. The first-order valence-electron chi connectivity index (χ1n) is 2.85. The second kappa shape index (κ2) is 1.44. The predicted octanol–water partition coefficient (Wildman–Crippen LogP) is -0.568. The maximum Gasteiger partial charge on any atom is 0.145 e. The van der Waals surface area contributed by atoms with Crippen molar-refractivity contribution in [1.29, 1.82) is 0 Å². The smallest absolute Gasteiger partial charge is 0.145 e. The quantitative estimate of drug-likeness (QED) is 0.477. The lowest BCUT2D eigenvalue weighted by Crippen LogP contribution is -2.17. The molecule has 0 saturated heterocycles. The van der Waals surface area contributed by atoms with Crippen molar-refractivity contribution in [2.45, 2.75) is 0 Å². The van der Waals surface area contributed by atoms with E-state index < -0.39 is 0 Å². The van der Waals surface area contributed by atoms with E-state index in [2.05, 4.69) is 5.10 Å². The molecule has 0 bridgehead atoms. The Morgan fingerprint density at radius 1 is 1.50 bits per heavy atom. The minimum absolute atomic E-state index is 0.503. The molecule has 0 spiro atoms. The fourth-order valence-electron chi connectivity index (χ4n) is 0.919. The third kappa shape index (κ3) is 0.439. The summed E-state index contributed by atoms with van der Waals surface area (Å²) in [5.74, 6) is 5.98. The number of fused-ring (bicyclic) bond motifs is 1. The molecule has 52 valence electrons. The fourth-order valence-corrected chi connectivity index (χ4v) is 0.919. The highest BCUT2D eigenvalue weighted by Crippen LogP contribution is 2.06. The number of hydrogen-bond acceptors (Lipinski definition) is 3. The molecule has 0 amide bonds. The first kappa shape index (κ1) is 5.16. The minimum Gasteiger partial charge on any atom is -0.382 e. The molecule has 0 aliphatic rings. The van der Waals surface area contributed by atoms with E-state index in [1.807, 2.05) is 6.07 Å². The lowest BCUT2D eigenvalue weighted by atomic mass is 10.5. The Morgan fingerprint density at radius 3 is 3.00 bits per heavy atom. The zero-order valence-electron chi connectivity index (χ0n) is 5.23. The summed E-state index contributed by atoms with van der Waals surface area (Å²) in [6, 6.07) is 3.59. The van der Waals surface area contributed by atoms with Crippen molar-refractivity contribution >= 4 is 11.3 Å². The Morgan fingerprint density at radius 2 is 2.30 bits per heavy atom. The normalized spacial score (nSPS) is 10.8. The van der Waals surface area contributed by atoms with E-state index in [-0.39, 0.29) is 0 Å². The Labute approximate surface area is 56.8 Å².